The van der Waals surface area contributed by atoms with E-state index in [-0.39, 0.29) is 5.91 Å². The minimum Gasteiger partial charge on any atom is -0.481 e. The van der Waals surface area contributed by atoms with Crippen LogP contribution in [-0.4, -0.2) is 41.5 Å². The van der Waals surface area contributed by atoms with Gasteiger partial charge < -0.3 is 15.3 Å². The van der Waals surface area contributed by atoms with Crippen molar-refractivity contribution in [2.45, 2.75) is 26.2 Å². The van der Waals surface area contributed by atoms with Gasteiger partial charge in [0.05, 0.1) is 5.41 Å². The molecule has 0 bridgehead atoms. The molecule has 1 aromatic rings. The number of nitrogens with zero attached hydrogens (tertiary/aromatic N) is 1. The zero-order valence-electron chi connectivity index (χ0n) is 12.2. The van der Waals surface area contributed by atoms with Crippen molar-refractivity contribution in [3.8, 4) is 0 Å². The first kappa shape index (κ1) is 13.9. The van der Waals surface area contributed by atoms with E-state index in [4.69, 9.17) is 0 Å². The number of piperidine rings is 1. The molecule has 0 aromatic heterocycles. The normalized spacial score (nSPS) is 19.8. The Balaban J connectivity index is 1.71. The number of carboxylic acid groups (broad SMARTS) is 1. The number of aliphatic carboxylic acids is 1. The maximum absolute atomic E-state index is 12.5. The van der Waals surface area contributed by atoms with E-state index in [0.29, 0.717) is 31.5 Å². The van der Waals surface area contributed by atoms with Gasteiger partial charge in [0.15, 0.2) is 0 Å². The fraction of sp³-hybridized carbons (Fsp3) is 0.500. The average Bonchev–Trinajstić information content (AvgIpc) is 2.94. The third-order valence-corrected chi connectivity index (χ3v) is 4.74. The van der Waals surface area contributed by atoms with Crippen LogP contribution in [0.3, 0.4) is 0 Å². The Hall–Kier alpha value is -2.04. The number of carbonyl (C=O) groups excluding carboxylic acids is 1. The van der Waals surface area contributed by atoms with E-state index in [1.165, 1.54) is 5.56 Å². The minimum absolute atomic E-state index is 0.000983. The number of benzene rings is 1. The van der Waals surface area contributed by atoms with Crippen molar-refractivity contribution >= 4 is 17.6 Å². The van der Waals surface area contributed by atoms with Gasteiger partial charge in [0.1, 0.15) is 0 Å². The highest BCUT2D eigenvalue weighted by molar-refractivity contribution is 5.95. The Labute approximate surface area is 123 Å². The van der Waals surface area contributed by atoms with Gasteiger partial charge in [-0.05, 0) is 43.9 Å². The monoisotopic (exact) mass is 288 g/mol. The lowest BCUT2D eigenvalue weighted by Gasteiger charge is -2.36. The summed E-state index contributed by atoms with van der Waals surface area (Å²) in [5, 5.41) is 12.5. The first-order valence-electron chi connectivity index (χ1n) is 7.39. The van der Waals surface area contributed by atoms with E-state index in [0.717, 1.165) is 18.7 Å². The Bertz CT molecular complexity index is 589. The largest absolute Gasteiger partial charge is 0.481 e. The molecule has 112 valence electrons. The molecular formula is C16H20N2O3. The van der Waals surface area contributed by atoms with E-state index in [2.05, 4.69) is 5.32 Å². The number of nitrogens with one attached hydrogen (secondary N) is 1. The second-order valence-electron chi connectivity index (χ2n) is 6.21. The number of carboxylic acids is 1. The first-order chi connectivity index (χ1) is 9.99. The minimum atomic E-state index is -0.767. The van der Waals surface area contributed by atoms with Gasteiger partial charge in [-0.1, -0.05) is 6.07 Å². The SMILES string of the molecule is CC1(C(=O)O)CCN(C(=O)c2ccc3c(c2)NCC3)CC1. The number of amides is 1. The average molecular weight is 288 g/mol. The molecule has 1 fully saturated rings. The van der Waals surface area contributed by atoms with Gasteiger partial charge in [0.2, 0.25) is 0 Å². The van der Waals surface area contributed by atoms with Crippen molar-refractivity contribution in [1.82, 2.24) is 4.90 Å². The third kappa shape index (κ3) is 2.48. The van der Waals surface area contributed by atoms with Gasteiger partial charge in [0.25, 0.3) is 5.91 Å². The van der Waals surface area contributed by atoms with Crippen molar-refractivity contribution in [1.29, 1.82) is 0 Å². The van der Waals surface area contributed by atoms with Gasteiger partial charge in [-0.15, -0.1) is 0 Å². The molecule has 2 heterocycles. The summed E-state index contributed by atoms with van der Waals surface area (Å²) in [4.78, 5) is 25.5. The summed E-state index contributed by atoms with van der Waals surface area (Å²) in [7, 11) is 0. The second-order valence-corrected chi connectivity index (χ2v) is 6.21. The fourth-order valence-electron chi connectivity index (χ4n) is 3.02. The van der Waals surface area contributed by atoms with Crippen LogP contribution < -0.4 is 5.32 Å². The molecule has 5 heteroatoms. The van der Waals surface area contributed by atoms with Crippen LogP contribution in [0, 0.1) is 5.41 Å². The smallest absolute Gasteiger partial charge is 0.309 e. The molecule has 3 rings (SSSR count). The molecule has 0 aliphatic carbocycles. The van der Waals surface area contributed by atoms with Crippen molar-refractivity contribution in [2.75, 3.05) is 25.0 Å². The maximum atomic E-state index is 12.5. The molecule has 2 aliphatic heterocycles. The van der Waals surface area contributed by atoms with Gasteiger partial charge in [-0.2, -0.15) is 0 Å². The molecule has 1 amide bonds. The number of rotatable bonds is 2. The quantitative estimate of drug-likeness (QED) is 0.873. The summed E-state index contributed by atoms with van der Waals surface area (Å²) >= 11 is 0. The fourth-order valence-corrected chi connectivity index (χ4v) is 3.02. The van der Waals surface area contributed by atoms with E-state index < -0.39 is 11.4 Å². The molecule has 0 saturated carbocycles. The van der Waals surface area contributed by atoms with Crippen LogP contribution in [0.5, 0.6) is 0 Å². The van der Waals surface area contributed by atoms with Crippen molar-refractivity contribution in [3.05, 3.63) is 29.3 Å². The summed E-state index contributed by atoms with van der Waals surface area (Å²) in [6, 6.07) is 5.79. The van der Waals surface area contributed by atoms with Crippen molar-refractivity contribution in [2.24, 2.45) is 5.41 Å². The van der Waals surface area contributed by atoms with E-state index in [1.54, 1.807) is 11.8 Å². The predicted octanol–water partition coefficient (Wildman–Crippen LogP) is 1.98. The van der Waals surface area contributed by atoms with Crippen LogP contribution in [-0.2, 0) is 11.2 Å². The highest BCUT2D eigenvalue weighted by atomic mass is 16.4. The summed E-state index contributed by atoms with van der Waals surface area (Å²) < 4.78 is 0. The maximum Gasteiger partial charge on any atom is 0.309 e. The molecule has 2 aliphatic rings. The Morgan fingerprint density at radius 1 is 1.29 bits per heavy atom. The van der Waals surface area contributed by atoms with Crippen molar-refractivity contribution in [3.63, 3.8) is 0 Å². The second kappa shape index (κ2) is 5.06. The lowest BCUT2D eigenvalue weighted by Crippen LogP contribution is -2.45. The predicted molar refractivity (Wildman–Crippen MR) is 79.5 cm³/mol. The molecule has 2 N–H and O–H groups in total. The van der Waals surface area contributed by atoms with Crippen LogP contribution in [0.4, 0.5) is 5.69 Å². The third-order valence-electron chi connectivity index (χ3n) is 4.74. The zero-order chi connectivity index (χ0) is 15.0. The number of carbonyl (C=O) groups is 2. The molecule has 0 spiro atoms. The Morgan fingerprint density at radius 3 is 2.67 bits per heavy atom. The molecule has 21 heavy (non-hydrogen) atoms. The first-order valence-corrected chi connectivity index (χ1v) is 7.39. The topological polar surface area (TPSA) is 69.6 Å². The summed E-state index contributed by atoms with van der Waals surface area (Å²) in [5.74, 6) is -0.768. The van der Waals surface area contributed by atoms with E-state index in [9.17, 15) is 14.7 Å². The molecule has 1 aromatic carbocycles. The zero-order valence-corrected chi connectivity index (χ0v) is 12.2. The Kier molecular flexibility index (Phi) is 3.35. The number of hydrogen-bond acceptors (Lipinski definition) is 3. The highest BCUT2D eigenvalue weighted by Gasteiger charge is 2.38. The molecule has 0 unspecified atom stereocenters. The molecule has 0 atom stereocenters. The summed E-state index contributed by atoms with van der Waals surface area (Å²) in [5.41, 5.74) is 2.29. The van der Waals surface area contributed by atoms with E-state index >= 15 is 0 Å². The number of likely N-dealkylation sites (tertiary alicyclic amines) is 1. The van der Waals surface area contributed by atoms with Crippen LogP contribution in [0.1, 0.15) is 35.7 Å². The lowest BCUT2D eigenvalue weighted by atomic mass is 9.80. The van der Waals surface area contributed by atoms with Gasteiger partial charge >= 0.3 is 5.97 Å². The van der Waals surface area contributed by atoms with Crippen LogP contribution in [0.2, 0.25) is 0 Å². The lowest BCUT2D eigenvalue weighted by molar-refractivity contribution is -0.150. The molecule has 1 saturated heterocycles. The number of anilines is 1. The van der Waals surface area contributed by atoms with Crippen LogP contribution in [0.15, 0.2) is 18.2 Å². The summed E-state index contributed by atoms with van der Waals surface area (Å²) in [6.45, 7) is 3.70. The van der Waals surface area contributed by atoms with Gasteiger partial charge in [0, 0.05) is 30.9 Å². The van der Waals surface area contributed by atoms with Crippen LogP contribution in [0.25, 0.3) is 0 Å². The van der Waals surface area contributed by atoms with Crippen molar-refractivity contribution < 1.29 is 14.7 Å². The molecule has 0 radical (unpaired) electrons. The molecule has 5 nitrogen and oxygen atoms in total. The van der Waals surface area contributed by atoms with Crippen LogP contribution >= 0.6 is 0 Å². The standard InChI is InChI=1S/C16H20N2O3/c1-16(15(20)21)5-8-18(9-6-16)14(19)12-3-2-11-4-7-17-13(11)10-12/h2-3,10,17H,4-9H2,1H3,(H,20,21). The van der Waals surface area contributed by atoms with Gasteiger partial charge in [-0.25, -0.2) is 0 Å². The van der Waals surface area contributed by atoms with E-state index in [1.807, 2.05) is 18.2 Å². The van der Waals surface area contributed by atoms with Gasteiger partial charge in [-0.3, -0.25) is 9.59 Å². The molecular weight excluding hydrogens is 268 g/mol. The highest BCUT2D eigenvalue weighted by Crippen LogP contribution is 2.32. The number of fused-ring (bicyclic) bond motifs is 1. The summed E-state index contributed by atoms with van der Waals surface area (Å²) in [6.07, 6.45) is 2.03. The Morgan fingerprint density at radius 2 is 2.00 bits per heavy atom. The number of hydrogen-bond donors (Lipinski definition) is 2.